The fourth-order valence-electron chi connectivity index (χ4n) is 1.13. The number of halogens is 1. The van der Waals surface area contributed by atoms with Gasteiger partial charge in [-0.3, -0.25) is 4.79 Å². The molecule has 0 saturated heterocycles. The lowest BCUT2D eigenvalue weighted by Crippen LogP contribution is -2.16. The second-order valence-electron chi connectivity index (χ2n) is 3.07. The van der Waals surface area contributed by atoms with Crippen LogP contribution < -0.4 is 5.32 Å². The maximum absolute atomic E-state index is 11.7. The van der Waals surface area contributed by atoms with Gasteiger partial charge in [0.15, 0.2) is 5.82 Å². The Balaban J connectivity index is 2.14. The summed E-state index contributed by atoms with van der Waals surface area (Å²) in [6.45, 7) is 0. The third kappa shape index (κ3) is 2.17. The number of hydrogen-bond donors (Lipinski definition) is 1. The molecule has 0 bridgehead atoms. The molecule has 0 aliphatic rings. The van der Waals surface area contributed by atoms with Gasteiger partial charge in [0, 0.05) is 7.05 Å². The Hall–Kier alpha value is -1.95. The van der Waals surface area contributed by atoms with Gasteiger partial charge in [-0.2, -0.15) is 0 Å². The van der Waals surface area contributed by atoms with Crippen LogP contribution in [-0.2, 0) is 7.05 Å². The van der Waals surface area contributed by atoms with Crippen molar-refractivity contribution in [2.75, 3.05) is 5.32 Å². The zero-order chi connectivity index (χ0) is 11.5. The Morgan fingerprint density at radius 3 is 2.75 bits per heavy atom. The lowest BCUT2D eigenvalue weighted by atomic mass is 10.4. The topological polar surface area (TPSA) is 72.7 Å². The molecule has 82 valence electrons. The number of nitrogens with one attached hydrogen (secondary N) is 1. The van der Waals surface area contributed by atoms with Crippen LogP contribution in [0.1, 0.15) is 10.5 Å². The number of aryl methyl sites for hydroxylation is 1. The largest absolute Gasteiger partial charge is 0.330 e. The summed E-state index contributed by atoms with van der Waals surface area (Å²) < 4.78 is 1.61. The van der Waals surface area contributed by atoms with Crippen LogP contribution >= 0.6 is 11.6 Å². The Morgan fingerprint density at radius 1 is 1.38 bits per heavy atom. The van der Waals surface area contributed by atoms with Gasteiger partial charge in [0.05, 0.1) is 24.9 Å². The second kappa shape index (κ2) is 4.28. The summed E-state index contributed by atoms with van der Waals surface area (Å²) in [5.74, 6) is 0.0484. The standard InChI is InChI=1S/C9H8ClN5O/c1-15-5-11-2-6(15)9(16)14-8-4-12-7(10)3-13-8/h2-5H,1H3,(H,13,14,16). The summed E-state index contributed by atoms with van der Waals surface area (Å²) in [4.78, 5) is 23.3. The number of imidazole rings is 1. The first-order chi connectivity index (χ1) is 7.66. The normalized spacial score (nSPS) is 10.1. The maximum Gasteiger partial charge on any atom is 0.275 e. The molecular weight excluding hydrogens is 230 g/mol. The molecule has 1 amide bonds. The van der Waals surface area contributed by atoms with Gasteiger partial charge in [-0.15, -0.1) is 0 Å². The second-order valence-corrected chi connectivity index (χ2v) is 3.46. The fraction of sp³-hybridized carbons (Fsp3) is 0.111. The van der Waals surface area contributed by atoms with Crippen molar-refractivity contribution in [2.24, 2.45) is 7.05 Å². The molecule has 0 aromatic carbocycles. The number of carbonyl (C=O) groups is 1. The summed E-state index contributed by atoms with van der Waals surface area (Å²) >= 11 is 5.57. The number of aromatic nitrogens is 4. The number of amides is 1. The molecule has 0 radical (unpaired) electrons. The minimum absolute atomic E-state index is 0.276. The molecule has 0 aliphatic heterocycles. The van der Waals surface area contributed by atoms with Gasteiger partial charge >= 0.3 is 0 Å². The first-order valence-corrected chi connectivity index (χ1v) is 4.80. The quantitative estimate of drug-likeness (QED) is 0.849. The van der Waals surface area contributed by atoms with Crippen molar-refractivity contribution in [3.05, 3.63) is 35.8 Å². The van der Waals surface area contributed by atoms with Gasteiger partial charge in [-0.1, -0.05) is 11.6 Å². The molecule has 2 aromatic rings. The molecule has 7 heteroatoms. The third-order valence-electron chi connectivity index (χ3n) is 1.91. The molecule has 2 aromatic heterocycles. The van der Waals surface area contributed by atoms with Crippen molar-refractivity contribution in [2.45, 2.75) is 0 Å². The highest BCUT2D eigenvalue weighted by Crippen LogP contribution is 2.07. The molecule has 16 heavy (non-hydrogen) atoms. The highest BCUT2D eigenvalue weighted by atomic mass is 35.5. The first kappa shape index (κ1) is 10.6. The molecule has 0 unspecified atom stereocenters. The van der Waals surface area contributed by atoms with Crippen molar-refractivity contribution in [3.63, 3.8) is 0 Å². The molecule has 2 rings (SSSR count). The lowest BCUT2D eigenvalue weighted by molar-refractivity contribution is 0.101. The van der Waals surface area contributed by atoms with E-state index in [1.807, 2.05) is 0 Å². The minimum Gasteiger partial charge on any atom is -0.330 e. The van der Waals surface area contributed by atoms with Crippen molar-refractivity contribution >= 4 is 23.3 Å². The minimum atomic E-state index is -0.295. The van der Waals surface area contributed by atoms with Crippen LogP contribution in [0.15, 0.2) is 24.9 Å². The number of nitrogens with zero attached hydrogens (tertiary/aromatic N) is 4. The van der Waals surface area contributed by atoms with E-state index in [0.29, 0.717) is 11.5 Å². The van der Waals surface area contributed by atoms with E-state index in [0.717, 1.165) is 0 Å². The smallest absolute Gasteiger partial charge is 0.275 e. The van der Waals surface area contributed by atoms with E-state index in [9.17, 15) is 4.79 Å². The van der Waals surface area contributed by atoms with E-state index < -0.39 is 0 Å². The number of anilines is 1. The maximum atomic E-state index is 11.7. The van der Waals surface area contributed by atoms with Gasteiger partial charge in [-0.25, -0.2) is 15.0 Å². The van der Waals surface area contributed by atoms with Crippen LogP contribution in [0.25, 0.3) is 0 Å². The highest BCUT2D eigenvalue weighted by Gasteiger charge is 2.10. The van der Waals surface area contributed by atoms with Crippen molar-refractivity contribution in [1.29, 1.82) is 0 Å². The third-order valence-corrected chi connectivity index (χ3v) is 2.11. The van der Waals surface area contributed by atoms with E-state index >= 15 is 0 Å². The predicted molar refractivity (Wildman–Crippen MR) is 58.2 cm³/mol. The number of hydrogen-bond acceptors (Lipinski definition) is 4. The first-order valence-electron chi connectivity index (χ1n) is 4.42. The Bertz CT molecular complexity index is 507. The molecular formula is C9H8ClN5O. The van der Waals surface area contributed by atoms with E-state index in [4.69, 9.17) is 11.6 Å². The summed E-state index contributed by atoms with van der Waals surface area (Å²) in [5.41, 5.74) is 0.441. The van der Waals surface area contributed by atoms with Gasteiger partial charge in [0.1, 0.15) is 10.8 Å². The van der Waals surface area contributed by atoms with Crippen molar-refractivity contribution in [1.82, 2.24) is 19.5 Å². The van der Waals surface area contributed by atoms with Gasteiger partial charge < -0.3 is 9.88 Å². The van der Waals surface area contributed by atoms with Crippen molar-refractivity contribution in [3.8, 4) is 0 Å². The summed E-state index contributed by atoms with van der Waals surface area (Å²) in [6.07, 6.45) is 5.76. The molecule has 2 heterocycles. The molecule has 6 nitrogen and oxygen atoms in total. The molecule has 0 fully saturated rings. The fourth-order valence-corrected chi connectivity index (χ4v) is 1.23. The molecule has 0 atom stereocenters. The highest BCUT2D eigenvalue weighted by molar-refractivity contribution is 6.29. The average molecular weight is 238 g/mol. The van der Waals surface area contributed by atoms with Gasteiger partial charge in [0.25, 0.3) is 5.91 Å². The van der Waals surface area contributed by atoms with E-state index in [2.05, 4.69) is 20.3 Å². The Labute approximate surface area is 96.3 Å². The molecule has 1 N–H and O–H groups in total. The van der Waals surface area contributed by atoms with E-state index in [1.54, 1.807) is 17.9 Å². The number of carbonyl (C=O) groups excluding carboxylic acids is 1. The lowest BCUT2D eigenvalue weighted by Gasteiger charge is -2.03. The van der Waals surface area contributed by atoms with Crippen LogP contribution in [0.5, 0.6) is 0 Å². The summed E-state index contributed by atoms with van der Waals surface area (Å²) in [7, 11) is 1.73. The summed E-state index contributed by atoms with van der Waals surface area (Å²) in [6, 6.07) is 0. The Morgan fingerprint density at radius 2 is 2.19 bits per heavy atom. The van der Waals surface area contributed by atoms with Crippen LogP contribution in [0.4, 0.5) is 5.82 Å². The molecule has 0 aliphatic carbocycles. The molecule has 0 spiro atoms. The SMILES string of the molecule is Cn1cncc1C(=O)Nc1cnc(Cl)cn1. The number of rotatable bonds is 2. The monoisotopic (exact) mass is 237 g/mol. The Kier molecular flexibility index (Phi) is 2.82. The summed E-state index contributed by atoms with van der Waals surface area (Å²) in [5, 5.41) is 2.86. The predicted octanol–water partition coefficient (Wildman–Crippen LogP) is 1.12. The zero-order valence-electron chi connectivity index (χ0n) is 8.38. The van der Waals surface area contributed by atoms with Crippen LogP contribution in [0, 0.1) is 0 Å². The van der Waals surface area contributed by atoms with Crippen LogP contribution in [0.3, 0.4) is 0 Å². The van der Waals surface area contributed by atoms with Gasteiger partial charge in [0.2, 0.25) is 0 Å². The van der Waals surface area contributed by atoms with E-state index in [1.165, 1.54) is 18.6 Å². The van der Waals surface area contributed by atoms with Crippen molar-refractivity contribution < 1.29 is 4.79 Å². The van der Waals surface area contributed by atoms with E-state index in [-0.39, 0.29) is 11.1 Å². The molecule has 0 saturated carbocycles. The average Bonchev–Trinajstić information content (AvgIpc) is 2.68. The zero-order valence-corrected chi connectivity index (χ0v) is 9.14. The van der Waals surface area contributed by atoms with Gasteiger partial charge in [-0.05, 0) is 0 Å². The van der Waals surface area contributed by atoms with Crippen LogP contribution in [-0.4, -0.2) is 25.4 Å². The van der Waals surface area contributed by atoms with Crippen LogP contribution in [0.2, 0.25) is 5.15 Å².